The minimum Gasteiger partial charge on any atom is -0.462 e. The standard InChI is InChI=1S/C83H162O17P2/c1-8-11-12-13-14-35-42-50-57-64-80(85)93-71-79(100-83(88)67-60-53-46-45-49-56-63-76(7)10-3)73-98-102(91,92)96-69-77(84)68-95-101(89,90)97-72-78(70-94-81(86)65-58-51-43-38-33-29-25-21-17-15-19-23-27-31-36-40-47-54-61-74(4)5)99-82(87)66-59-52-44-39-34-30-26-22-18-16-20-24-28-32-37-41-48-55-62-75(6)9-2/h74-79,84H,8-73H2,1-7H3,(H,89,90)(H,91,92)/t75?,76?,77-,78-,79-/m1/s1. The topological polar surface area (TPSA) is 237 Å². The SMILES string of the molecule is CCCCCCCCCCCC(=O)OC[C@H](COP(=O)(O)OC[C@H](O)COP(=O)(O)OC[C@@H](COC(=O)CCCCCCCCCCCCCCCCCCCCC(C)C)OC(=O)CCCCCCCCCCCCCCCCCCCCC(C)CC)OC(=O)CCCCCCCCC(C)CC. The summed E-state index contributed by atoms with van der Waals surface area (Å²) in [6.45, 7) is 12.0. The highest BCUT2D eigenvalue weighted by Gasteiger charge is 2.30. The van der Waals surface area contributed by atoms with E-state index in [0.29, 0.717) is 25.7 Å². The molecule has 0 aliphatic carbocycles. The van der Waals surface area contributed by atoms with Gasteiger partial charge in [0.1, 0.15) is 19.3 Å². The lowest BCUT2D eigenvalue weighted by Crippen LogP contribution is -2.30. The number of aliphatic hydroxyl groups is 1. The van der Waals surface area contributed by atoms with Crippen molar-refractivity contribution in [1.82, 2.24) is 0 Å². The summed E-state index contributed by atoms with van der Waals surface area (Å²) in [5, 5.41) is 10.6. The molecule has 0 aromatic heterocycles. The lowest BCUT2D eigenvalue weighted by Gasteiger charge is -2.21. The predicted octanol–water partition coefficient (Wildman–Crippen LogP) is 24.9. The van der Waals surface area contributed by atoms with E-state index in [2.05, 4.69) is 48.5 Å². The molecule has 0 heterocycles. The quantitative estimate of drug-likeness (QED) is 0.0222. The first-order chi connectivity index (χ1) is 49.3. The van der Waals surface area contributed by atoms with Gasteiger partial charge in [0.25, 0.3) is 0 Å². The van der Waals surface area contributed by atoms with Gasteiger partial charge in [-0.2, -0.15) is 0 Å². The third kappa shape index (κ3) is 73.6. The number of unbranched alkanes of at least 4 members (excludes halogenated alkanes) is 47. The molecular formula is C83H162O17P2. The van der Waals surface area contributed by atoms with Crippen molar-refractivity contribution in [3.63, 3.8) is 0 Å². The highest BCUT2D eigenvalue weighted by atomic mass is 31.2. The molecule has 606 valence electrons. The molecule has 4 unspecified atom stereocenters. The molecule has 0 fully saturated rings. The summed E-state index contributed by atoms with van der Waals surface area (Å²) < 4.78 is 68.6. The highest BCUT2D eigenvalue weighted by molar-refractivity contribution is 7.47. The number of carbonyl (C=O) groups is 4. The number of hydrogen-bond acceptors (Lipinski definition) is 15. The van der Waals surface area contributed by atoms with Crippen LogP contribution in [0.2, 0.25) is 0 Å². The number of rotatable bonds is 81. The number of ether oxygens (including phenoxy) is 4. The maximum atomic E-state index is 13.1. The van der Waals surface area contributed by atoms with Crippen molar-refractivity contribution in [2.45, 2.75) is 452 Å². The molecule has 0 saturated heterocycles. The van der Waals surface area contributed by atoms with E-state index in [1.165, 1.54) is 244 Å². The smallest absolute Gasteiger partial charge is 0.462 e. The van der Waals surface area contributed by atoms with E-state index in [9.17, 15) is 43.2 Å². The Balaban J connectivity index is 5.16. The molecule has 7 atom stereocenters. The Morgan fingerprint density at radius 3 is 0.745 bits per heavy atom. The van der Waals surface area contributed by atoms with Gasteiger partial charge in [0, 0.05) is 25.7 Å². The first kappa shape index (κ1) is 100. The second-order valence-corrected chi connectivity index (χ2v) is 33.7. The highest BCUT2D eigenvalue weighted by Crippen LogP contribution is 2.45. The van der Waals surface area contributed by atoms with E-state index in [-0.39, 0.29) is 25.7 Å². The second kappa shape index (κ2) is 73.2. The van der Waals surface area contributed by atoms with Gasteiger partial charge in [-0.25, -0.2) is 9.13 Å². The summed E-state index contributed by atoms with van der Waals surface area (Å²) in [6, 6.07) is 0. The Hall–Kier alpha value is -1.94. The Bertz CT molecular complexity index is 1980. The van der Waals surface area contributed by atoms with Crippen LogP contribution >= 0.6 is 15.6 Å². The van der Waals surface area contributed by atoms with E-state index in [0.717, 1.165) is 108 Å². The molecule has 0 aromatic carbocycles. The number of carbonyl (C=O) groups excluding carboxylic acids is 4. The van der Waals surface area contributed by atoms with Crippen LogP contribution < -0.4 is 0 Å². The van der Waals surface area contributed by atoms with Crippen molar-refractivity contribution in [2.24, 2.45) is 17.8 Å². The van der Waals surface area contributed by atoms with Gasteiger partial charge in [0.2, 0.25) is 0 Å². The van der Waals surface area contributed by atoms with Crippen molar-refractivity contribution in [1.29, 1.82) is 0 Å². The third-order valence-electron chi connectivity index (χ3n) is 20.1. The van der Waals surface area contributed by atoms with Gasteiger partial charge in [0.15, 0.2) is 12.2 Å². The van der Waals surface area contributed by atoms with Gasteiger partial charge >= 0.3 is 39.5 Å². The summed E-state index contributed by atoms with van der Waals surface area (Å²) in [5.41, 5.74) is 0. The van der Waals surface area contributed by atoms with Crippen LogP contribution in [0.3, 0.4) is 0 Å². The molecule has 102 heavy (non-hydrogen) atoms. The van der Waals surface area contributed by atoms with Crippen molar-refractivity contribution in [3.8, 4) is 0 Å². The summed E-state index contributed by atoms with van der Waals surface area (Å²) in [4.78, 5) is 72.9. The van der Waals surface area contributed by atoms with Gasteiger partial charge < -0.3 is 33.8 Å². The fourth-order valence-electron chi connectivity index (χ4n) is 12.8. The van der Waals surface area contributed by atoms with Gasteiger partial charge in [-0.3, -0.25) is 37.3 Å². The van der Waals surface area contributed by atoms with E-state index in [4.69, 9.17) is 37.0 Å². The fourth-order valence-corrected chi connectivity index (χ4v) is 14.4. The number of phosphoric acid groups is 2. The normalized spacial score (nSPS) is 14.5. The summed E-state index contributed by atoms with van der Waals surface area (Å²) >= 11 is 0. The number of hydrogen-bond donors (Lipinski definition) is 3. The van der Waals surface area contributed by atoms with Crippen LogP contribution in [0.1, 0.15) is 434 Å². The Labute approximate surface area is 626 Å². The molecule has 0 aromatic rings. The first-order valence-electron chi connectivity index (χ1n) is 42.9. The molecule has 0 aliphatic heterocycles. The fraction of sp³-hybridized carbons (Fsp3) is 0.952. The van der Waals surface area contributed by atoms with Crippen LogP contribution in [0.15, 0.2) is 0 Å². The maximum absolute atomic E-state index is 13.1. The molecule has 0 bridgehead atoms. The molecule has 17 nitrogen and oxygen atoms in total. The Kier molecular flexibility index (Phi) is 71.8. The summed E-state index contributed by atoms with van der Waals surface area (Å²) in [6.07, 6.45) is 62.7. The molecule has 19 heteroatoms. The van der Waals surface area contributed by atoms with E-state index in [1.807, 2.05) is 0 Å². The van der Waals surface area contributed by atoms with Gasteiger partial charge in [0.05, 0.1) is 26.4 Å². The van der Waals surface area contributed by atoms with Crippen molar-refractivity contribution in [3.05, 3.63) is 0 Å². The molecule has 0 amide bonds. The molecule has 0 radical (unpaired) electrons. The predicted molar refractivity (Wildman–Crippen MR) is 418 cm³/mol. The van der Waals surface area contributed by atoms with E-state index >= 15 is 0 Å². The van der Waals surface area contributed by atoms with Crippen LogP contribution in [0.25, 0.3) is 0 Å². The largest absolute Gasteiger partial charge is 0.472 e. The van der Waals surface area contributed by atoms with Gasteiger partial charge in [-0.1, -0.05) is 382 Å². The minimum atomic E-state index is -4.96. The number of phosphoric ester groups is 2. The zero-order valence-corrected chi connectivity index (χ0v) is 68.9. The molecule has 0 spiro atoms. The maximum Gasteiger partial charge on any atom is 0.472 e. The third-order valence-corrected chi connectivity index (χ3v) is 22.0. The van der Waals surface area contributed by atoms with Crippen molar-refractivity contribution in [2.75, 3.05) is 39.6 Å². The van der Waals surface area contributed by atoms with Crippen LogP contribution in [-0.2, 0) is 65.4 Å². The van der Waals surface area contributed by atoms with Crippen molar-refractivity contribution >= 4 is 39.5 Å². The van der Waals surface area contributed by atoms with Crippen molar-refractivity contribution < 1.29 is 80.2 Å². The zero-order valence-electron chi connectivity index (χ0n) is 67.1. The van der Waals surface area contributed by atoms with Crippen LogP contribution in [0.4, 0.5) is 0 Å². The van der Waals surface area contributed by atoms with Crippen LogP contribution in [-0.4, -0.2) is 96.7 Å². The molecular weight excluding hydrogens is 1330 g/mol. The van der Waals surface area contributed by atoms with Crippen LogP contribution in [0.5, 0.6) is 0 Å². The first-order valence-corrected chi connectivity index (χ1v) is 45.9. The number of aliphatic hydroxyl groups excluding tert-OH is 1. The molecule has 3 N–H and O–H groups in total. The number of esters is 4. The lowest BCUT2D eigenvalue weighted by molar-refractivity contribution is -0.161. The summed E-state index contributed by atoms with van der Waals surface area (Å²) in [7, 11) is -9.92. The second-order valence-electron chi connectivity index (χ2n) is 30.8. The van der Waals surface area contributed by atoms with Crippen LogP contribution in [0, 0.1) is 17.8 Å². The monoisotopic (exact) mass is 1490 g/mol. The molecule has 0 aliphatic rings. The average Bonchev–Trinajstić information content (AvgIpc) is 0.910. The van der Waals surface area contributed by atoms with Gasteiger partial charge in [-0.15, -0.1) is 0 Å². The average molecular weight is 1490 g/mol. The minimum absolute atomic E-state index is 0.103. The molecule has 0 saturated carbocycles. The van der Waals surface area contributed by atoms with E-state index in [1.54, 1.807) is 0 Å². The Morgan fingerprint density at radius 2 is 0.500 bits per heavy atom. The molecule has 0 rings (SSSR count). The lowest BCUT2D eigenvalue weighted by atomic mass is 9.99. The van der Waals surface area contributed by atoms with Gasteiger partial charge in [-0.05, 0) is 43.4 Å². The van der Waals surface area contributed by atoms with E-state index < -0.39 is 97.5 Å². The summed E-state index contributed by atoms with van der Waals surface area (Å²) in [5.74, 6) is 0.300. The Morgan fingerprint density at radius 1 is 0.284 bits per heavy atom. The zero-order chi connectivity index (χ0) is 75.1.